The number of esters is 1. The number of rotatable bonds is 5. The van der Waals surface area contributed by atoms with Crippen molar-refractivity contribution in [3.63, 3.8) is 0 Å². The Labute approximate surface area is 115 Å². The molecule has 0 amide bonds. The highest BCUT2D eigenvalue weighted by Gasteiger charge is 2.18. The lowest BCUT2D eigenvalue weighted by Crippen LogP contribution is -3.00. The molecule has 100 valence electrons. The molecule has 18 heavy (non-hydrogen) atoms. The average Bonchev–Trinajstić information content (AvgIpc) is 2.26. The minimum atomic E-state index is -0.329. The van der Waals surface area contributed by atoms with E-state index in [1.807, 2.05) is 32.3 Å². The van der Waals surface area contributed by atoms with Crippen LogP contribution in [0.2, 0.25) is 0 Å². The van der Waals surface area contributed by atoms with Gasteiger partial charge >= 0.3 is 5.97 Å². The van der Waals surface area contributed by atoms with E-state index in [0.29, 0.717) is 16.8 Å². The van der Waals surface area contributed by atoms with Crippen LogP contribution in [0.4, 0.5) is 0 Å². The van der Waals surface area contributed by atoms with E-state index in [1.54, 1.807) is 6.92 Å². The number of benzene rings is 1. The predicted molar refractivity (Wildman–Crippen MR) is 68.0 cm³/mol. The molecular formula is C14H20ClNO2. The van der Waals surface area contributed by atoms with Crippen molar-refractivity contribution in [2.45, 2.75) is 13.5 Å². The van der Waals surface area contributed by atoms with Gasteiger partial charge in [0.05, 0.1) is 14.1 Å². The van der Waals surface area contributed by atoms with E-state index in [-0.39, 0.29) is 18.4 Å². The molecule has 0 N–H and O–H groups in total. The molecule has 1 aromatic carbocycles. The van der Waals surface area contributed by atoms with Gasteiger partial charge in [-0.3, -0.25) is 4.48 Å². The van der Waals surface area contributed by atoms with Crippen LogP contribution in [0.25, 0.3) is 0 Å². The first-order valence-electron chi connectivity index (χ1n) is 5.59. The molecule has 0 saturated carbocycles. The first kappa shape index (κ1) is 16.7. The van der Waals surface area contributed by atoms with Gasteiger partial charge in [-0.25, -0.2) is 4.79 Å². The van der Waals surface area contributed by atoms with Crippen LogP contribution < -0.4 is 12.4 Å². The fourth-order valence-corrected chi connectivity index (χ4v) is 1.48. The van der Waals surface area contributed by atoms with Gasteiger partial charge in [0.1, 0.15) is 6.54 Å². The van der Waals surface area contributed by atoms with E-state index < -0.39 is 0 Å². The molecule has 0 unspecified atom stereocenters. The van der Waals surface area contributed by atoms with Crippen molar-refractivity contribution in [3.8, 4) is 0 Å². The van der Waals surface area contributed by atoms with Crippen LogP contribution in [0.5, 0.6) is 0 Å². The molecule has 0 aliphatic carbocycles. The fourth-order valence-electron chi connectivity index (χ4n) is 1.48. The van der Waals surface area contributed by atoms with Gasteiger partial charge in [-0.05, 0) is 6.92 Å². The van der Waals surface area contributed by atoms with Gasteiger partial charge in [0.25, 0.3) is 0 Å². The highest BCUT2D eigenvalue weighted by atomic mass is 35.5. The standard InChI is InChI=1S/C14H20NO2.ClH/c1-12(2)14(16)17-11-15(3,4)10-13-8-6-5-7-9-13;/h5-9H,1,10-11H2,2-4H3;1H/q+1;/p-1. The lowest BCUT2D eigenvalue weighted by atomic mass is 10.2. The van der Waals surface area contributed by atoms with Crippen molar-refractivity contribution >= 4 is 5.97 Å². The number of ether oxygens (including phenoxy) is 1. The first-order valence-corrected chi connectivity index (χ1v) is 5.59. The molecule has 0 bridgehead atoms. The molecule has 1 rings (SSSR count). The summed E-state index contributed by atoms with van der Waals surface area (Å²) in [7, 11) is 4.05. The molecule has 0 aliphatic rings. The first-order chi connectivity index (χ1) is 7.91. The zero-order valence-corrected chi connectivity index (χ0v) is 11.9. The van der Waals surface area contributed by atoms with E-state index in [2.05, 4.69) is 18.7 Å². The number of hydrogen-bond donors (Lipinski definition) is 0. The highest BCUT2D eigenvalue weighted by Crippen LogP contribution is 2.09. The second-order valence-corrected chi connectivity index (χ2v) is 4.92. The molecule has 4 heteroatoms. The van der Waals surface area contributed by atoms with Gasteiger partial charge in [0.2, 0.25) is 6.73 Å². The maximum atomic E-state index is 11.3. The Balaban J connectivity index is 0.00000289. The summed E-state index contributed by atoms with van der Waals surface area (Å²) in [5.74, 6) is -0.329. The Morgan fingerprint density at radius 2 is 1.83 bits per heavy atom. The summed E-state index contributed by atoms with van der Waals surface area (Å²) in [4.78, 5) is 11.3. The Bertz CT molecular complexity index is 402. The maximum absolute atomic E-state index is 11.3. The average molecular weight is 270 g/mol. The molecule has 3 nitrogen and oxygen atoms in total. The van der Waals surface area contributed by atoms with Gasteiger partial charge in [0.15, 0.2) is 0 Å². The van der Waals surface area contributed by atoms with Crippen molar-refractivity contribution in [2.24, 2.45) is 0 Å². The van der Waals surface area contributed by atoms with E-state index in [0.717, 1.165) is 6.54 Å². The molecule has 0 atom stereocenters. The quantitative estimate of drug-likeness (QED) is 0.307. The van der Waals surface area contributed by atoms with Crippen molar-refractivity contribution < 1.29 is 26.4 Å². The number of quaternary nitrogens is 1. The van der Waals surface area contributed by atoms with Crippen LogP contribution in [0.15, 0.2) is 42.5 Å². The van der Waals surface area contributed by atoms with Gasteiger partial charge in [-0.2, -0.15) is 0 Å². The lowest BCUT2D eigenvalue weighted by Gasteiger charge is -2.28. The molecule has 0 aromatic heterocycles. The number of nitrogens with zero attached hydrogens (tertiary/aromatic N) is 1. The summed E-state index contributed by atoms with van der Waals surface area (Å²) in [6, 6.07) is 10.1. The molecule has 0 radical (unpaired) electrons. The van der Waals surface area contributed by atoms with Gasteiger partial charge in [-0.1, -0.05) is 36.9 Å². The van der Waals surface area contributed by atoms with Crippen molar-refractivity contribution in [2.75, 3.05) is 20.8 Å². The summed E-state index contributed by atoms with van der Waals surface area (Å²) < 4.78 is 5.77. The fraction of sp³-hybridized carbons (Fsp3) is 0.357. The predicted octanol–water partition coefficient (Wildman–Crippen LogP) is -0.656. The molecule has 0 fully saturated rings. The largest absolute Gasteiger partial charge is 1.00 e. The zero-order valence-electron chi connectivity index (χ0n) is 11.1. The van der Waals surface area contributed by atoms with Crippen molar-refractivity contribution in [3.05, 3.63) is 48.0 Å². The topological polar surface area (TPSA) is 26.3 Å². The van der Waals surface area contributed by atoms with Gasteiger partial charge < -0.3 is 17.1 Å². The lowest BCUT2D eigenvalue weighted by molar-refractivity contribution is -0.920. The van der Waals surface area contributed by atoms with Crippen LogP contribution >= 0.6 is 0 Å². The second kappa shape index (κ2) is 7.19. The minimum Gasteiger partial charge on any atom is -1.00 e. The maximum Gasteiger partial charge on any atom is 0.337 e. The van der Waals surface area contributed by atoms with Crippen molar-refractivity contribution in [1.82, 2.24) is 0 Å². The summed E-state index contributed by atoms with van der Waals surface area (Å²) >= 11 is 0. The Morgan fingerprint density at radius 1 is 1.28 bits per heavy atom. The molecular weight excluding hydrogens is 250 g/mol. The number of carbonyl (C=O) groups is 1. The third-order valence-electron chi connectivity index (χ3n) is 2.35. The highest BCUT2D eigenvalue weighted by molar-refractivity contribution is 5.86. The van der Waals surface area contributed by atoms with Crippen LogP contribution in [0.1, 0.15) is 12.5 Å². The van der Waals surface area contributed by atoms with E-state index in [4.69, 9.17) is 4.74 Å². The molecule has 0 spiro atoms. The number of halogens is 1. The third-order valence-corrected chi connectivity index (χ3v) is 2.35. The summed E-state index contributed by atoms with van der Waals surface area (Å²) in [6.45, 7) is 6.38. The van der Waals surface area contributed by atoms with Crippen LogP contribution in [-0.2, 0) is 16.1 Å². The zero-order chi connectivity index (χ0) is 12.9. The monoisotopic (exact) mass is 269 g/mol. The smallest absolute Gasteiger partial charge is 0.337 e. The number of carbonyl (C=O) groups excluding carboxylic acids is 1. The molecule has 0 aliphatic heterocycles. The second-order valence-electron chi connectivity index (χ2n) is 4.92. The van der Waals surface area contributed by atoms with E-state index in [9.17, 15) is 4.79 Å². The SMILES string of the molecule is C=C(C)C(=O)OC[N+](C)(C)Cc1ccccc1.[Cl-]. The summed E-state index contributed by atoms with van der Waals surface area (Å²) in [6.07, 6.45) is 0. The molecule has 0 saturated heterocycles. The van der Waals surface area contributed by atoms with Gasteiger partial charge in [0, 0.05) is 11.1 Å². The summed E-state index contributed by atoms with van der Waals surface area (Å²) in [5.41, 5.74) is 1.66. The van der Waals surface area contributed by atoms with E-state index in [1.165, 1.54) is 5.56 Å². The molecule has 0 heterocycles. The normalized spacial score (nSPS) is 10.4. The Morgan fingerprint density at radius 3 is 2.33 bits per heavy atom. The van der Waals surface area contributed by atoms with Crippen LogP contribution in [0, 0.1) is 0 Å². The Hall–Kier alpha value is -1.32. The Kier molecular flexibility index (Phi) is 6.66. The van der Waals surface area contributed by atoms with Crippen LogP contribution in [0.3, 0.4) is 0 Å². The molecule has 1 aromatic rings. The number of hydrogen-bond acceptors (Lipinski definition) is 2. The van der Waals surface area contributed by atoms with Crippen molar-refractivity contribution in [1.29, 1.82) is 0 Å². The third kappa shape index (κ3) is 5.84. The minimum absolute atomic E-state index is 0. The summed E-state index contributed by atoms with van der Waals surface area (Å²) in [5, 5.41) is 0. The van der Waals surface area contributed by atoms with Crippen LogP contribution in [-0.4, -0.2) is 31.3 Å². The van der Waals surface area contributed by atoms with E-state index >= 15 is 0 Å². The van der Waals surface area contributed by atoms with Gasteiger partial charge in [-0.15, -0.1) is 0 Å².